The van der Waals surface area contributed by atoms with Crippen LogP contribution in [-0.4, -0.2) is 17.1 Å². The SMILES string of the molecule is Cc1ccc(C2=C(SC(C)C)C(=O)N(c3ccc(C(C)(C)C)cc3)C2=O)c(C)c1. The molecule has 0 atom stereocenters. The van der Waals surface area contributed by atoms with E-state index in [0.29, 0.717) is 16.2 Å². The van der Waals surface area contributed by atoms with Gasteiger partial charge in [-0.25, -0.2) is 4.90 Å². The molecule has 0 bridgehead atoms. The highest BCUT2D eigenvalue weighted by atomic mass is 32.2. The van der Waals surface area contributed by atoms with Crippen molar-refractivity contribution in [2.75, 3.05) is 4.90 Å². The first-order chi connectivity index (χ1) is 13.5. The number of carbonyl (C=O) groups excluding carboxylic acids is 2. The normalized spacial score (nSPS) is 15.1. The van der Waals surface area contributed by atoms with Gasteiger partial charge in [0.25, 0.3) is 11.8 Å². The summed E-state index contributed by atoms with van der Waals surface area (Å²) in [5.74, 6) is -0.471. The number of thioether (sulfide) groups is 1. The molecule has 3 nitrogen and oxygen atoms in total. The molecule has 0 N–H and O–H groups in total. The molecule has 1 aliphatic rings. The lowest BCUT2D eigenvalue weighted by Gasteiger charge is -2.21. The number of benzene rings is 2. The van der Waals surface area contributed by atoms with Gasteiger partial charge in [0.05, 0.1) is 16.2 Å². The maximum atomic E-state index is 13.5. The largest absolute Gasteiger partial charge is 0.272 e. The monoisotopic (exact) mass is 407 g/mol. The van der Waals surface area contributed by atoms with Crippen LogP contribution in [0.3, 0.4) is 0 Å². The van der Waals surface area contributed by atoms with E-state index in [-0.39, 0.29) is 22.5 Å². The Balaban J connectivity index is 2.08. The lowest BCUT2D eigenvalue weighted by atomic mass is 9.87. The maximum Gasteiger partial charge on any atom is 0.272 e. The molecule has 0 saturated heterocycles. The lowest BCUT2D eigenvalue weighted by molar-refractivity contribution is -0.119. The first-order valence-electron chi connectivity index (χ1n) is 9.98. The van der Waals surface area contributed by atoms with Gasteiger partial charge in [-0.2, -0.15) is 0 Å². The van der Waals surface area contributed by atoms with Crippen molar-refractivity contribution in [3.05, 3.63) is 69.6 Å². The van der Waals surface area contributed by atoms with Gasteiger partial charge < -0.3 is 0 Å². The highest BCUT2D eigenvalue weighted by molar-refractivity contribution is 8.04. The molecule has 152 valence electrons. The van der Waals surface area contributed by atoms with Crippen molar-refractivity contribution in [1.82, 2.24) is 0 Å². The van der Waals surface area contributed by atoms with Crippen molar-refractivity contribution >= 4 is 34.8 Å². The Morgan fingerprint density at radius 1 is 0.897 bits per heavy atom. The Labute approximate surface area is 178 Å². The summed E-state index contributed by atoms with van der Waals surface area (Å²) in [5, 5.41) is 0.200. The fourth-order valence-electron chi connectivity index (χ4n) is 3.53. The van der Waals surface area contributed by atoms with Crippen molar-refractivity contribution in [2.45, 2.75) is 59.1 Å². The summed E-state index contributed by atoms with van der Waals surface area (Å²) in [6, 6.07) is 13.8. The molecule has 2 aromatic carbocycles. The highest BCUT2D eigenvalue weighted by Gasteiger charge is 2.41. The van der Waals surface area contributed by atoms with Crippen LogP contribution in [-0.2, 0) is 15.0 Å². The molecule has 3 rings (SSSR count). The van der Waals surface area contributed by atoms with Crippen molar-refractivity contribution in [3.8, 4) is 0 Å². The van der Waals surface area contributed by atoms with E-state index in [1.807, 2.05) is 64.1 Å². The third-order valence-corrected chi connectivity index (χ3v) is 6.12. The predicted molar refractivity (Wildman–Crippen MR) is 123 cm³/mol. The zero-order valence-electron chi connectivity index (χ0n) is 18.3. The van der Waals surface area contributed by atoms with Crippen molar-refractivity contribution in [1.29, 1.82) is 0 Å². The topological polar surface area (TPSA) is 37.4 Å². The highest BCUT2D eigenvalue weighted by Crippen LogP contribution is 2.41. The number of imide groups is 1. The summed E-state index contributed by atoms with van der Waals surface area (Å²) < 4.78 is 0. The van der Waals surface area contributed by atoms with E-state index in [0.717, 1.165) is 16.7 Å². The molecular weight excluding hydrogens is 378 g/mol. The molecular formula is C25H29NO2S. The van der Waals surface area contributed by atoms with Gasteiger partial charge in [-0.1, -0.05) is 70.5 Å². The number of carbonyl (C=O) groups is 2. The minimum Gasteiger partial charge on any atom is -0.268 e. The van der Waals surface area contributed by atoms with Crippen LogP contribution in [0.2, 0.25) is 0 Å². The van der Waals surface area contributed by atoms with E-state index in [9.17, 15) is 9.59 Å². The van der Waals surface area contributed by atoms with E-state index in [1.54, 1.807) is 0 Å². The fourth-order valence-corrected chi connectivity index (χ4v) is 4.51. The Bertz CT molecular complexity index is 994. The Kier molecular flexibility index (Phi) is 5.77. The summed E-state index contributed by atoms with van der Waals surface area (Å²) in [4.78, 5) is 28.6. The molecule has 1 aliphatic heterocycles. The second-order valence-electron chi connectivity index (χ2n) is 8.93. The summed E-state index contributed by atoms with van der Waals surface area (Å²) in [6.07, 6.45) is 0. The smallest absolute Gasteiger partial charge is 0.268 e. The van der Waals surface area contributed by atoms with Crippen LogP contribution in [0, 0.1) is 13.8 Å². The molecule has 0 fully saturated rings. The van der Waals surface area contributed by atoms with E-state index >= 15 is 0 Å². The predicted octanol–water partition coefficient (Wildman–Crippen LogP) is 6.03. The summed E-state index contributed by atoms with van der Waals surface area (Å²) in [7, 11) is 0. The third-order valence-electron chi connectivity index (χ3n) is 5.04. The molecule has 0 unspecified atom stereocenters. The number of hydrogen-bond donors (Lipinski definition) is 0. The number of nitrogens with zero attached hydrogens (tertiary/aromatic N) is 1. The number of anilines is 1. The van der Waals surface area contributed by atoms with Crippen LogP contribution in [0.25, 0.3) is 5.57 Å². The zero-order valence-corrected chi connectivity index (χ0v) is 19.1. The minimum absolute atomic E-state index is 0.0125. The fraction of sp³-hybridized carbons (Fsp3) is 0.360. The molecule has 0 aromatic heterocycles. The van der Waals surface area contributed by atoms with E-state index < -0.39 is 0 Å². The Morgan fingerprint density at radius 3 is 2.03 bits per heavy atom. The first kappa shape index (κ1) is 21.4. The van der Waals surface area contributed by atoms with Gasteiger partial charge in [-0.05, 0) is 48.1 Å². The standard InChI is InChI=1S/C25H29NO2S/c1-15(2)29-22-21(20-13-8-16(3)14-17(20)4)23(27)26(24(22)28)19-11-9-18(10-12-19)25(5,6)7/h8-15H,1-7H3. The van der Waals surface area contributed by atoms with E-state index in [1.165, 1.54) is 22.2 Å². The number of amides is 2. The van der Waals surface area contributed by atoms with Gasteiger partial charge in [-0.15, -0.1) is 11.8 Å². The second-order valence-corrected chi connectivity index (χ2v) is 10.5. The van der Waals surface area contributed by atoms with Crippen LogP contribution in [0.4, 0.5) is 5.69 Å². The van der Waals surface area contributed by atoms with E-state index in [4.69, 9.17) is 0 Å². The van der Waals surface area contributed by atoms with Crippen LogP contribution in [0.15, 0.2) is 47.4 Å². The van der Waals surface area contributed by atoms with Crippen molar-refractivity contribution in [2.24, 2.45) is 0 Å². The Hall–Kier alpha value is -2.33. The molecule has 0 radical (unpaired) electrons. The quantitative estimate of drug-likeness (QED) is 0.581. The Morgan fingerprint density at radius 2 is 1.52 bits per heavy atom. The maximum absolute atomic E-state index is 13.5. The van der Waals surface area contributed by atoms with Gasteiger partial charge in [0.1, 0.15) is 0 Å². The van der Waals surface area contributed by atoms with Gasteiger partial charge in [-0.3, -0.25) is 9.59 Å². The molecule has 29 heavy (non-hydrogen) atoms. The molecule has 0 spiro atoms. The summed E-state index contributed by atoms with van der Waals surface area (Å²) in [6.45, 7) is 14.5. The number of aryl methyl sites for hydroxylation is 2. The number of hydrogen-bond acceptors (Lipinski definition) is 3. The molecule has 2 aromatic rings. The van der Waals surface area contributed by atoms with Crippen molar-refractivity contribution < 1.29 is 9.59 Å². The van der Waals surface area contributed by atoms with Gasteiger partial charge in [0.15, 0.2) is 0 Å². The van der Waals surface area contributed by atoms with Gasteiger partial charge in [0.2, 0.25) is 0 Å². The van der Waals surface area contributed by atoms with Crippen molar-refractivity contribution in [3.63, 3.8) is 0 Å². The van der Waals surface area contributed by atoms with Gasteiger partial charge >= 0.3 is 0 Å². The molecule has 0 aliphatic carbocycles. The van der Waals surface area contributed by atoms with Crippen LogP contribution in [0.1, 0.15) is 56.9 Å². The van der Waals surface area contributed by atoms with Crippen LogP contribution >= 0.6 is 11.8 Å². The molecule has 0 saturated carbocycles. The molecule has 1 heterocycles. The average molecular weight is 408 g/mol. The number of rotatable bonds is 4. The van der Waals surface area contributed by atoms with E-state index in [2.05, 4.69) is 26.8 Å². The lowest BCUT2D eigenvalue weighted by Crippen LogP contribution is -2.31. The molecule has 4 heteroatoms. The minimum atomic E-state index is -0.242. The zero-order chi connectivity index (χ0) is 21.5. The third kappa shape index (κ3) is 4.18. The second kappa shape index (κ2) is 7.83. The molecule has 2 amide bonds. The van der Waals surface area contributed by atoms with Crippen LogP contribution < -0.4 is 4.90 Å². The first-order valence-corrected chi connectivity index (χ1v) is 10.9. The summed E-state index contributed by atoms with van der Waals surface area (Å²) >= 11 is 1.46. The average Bonchev–Trinajstić information content (AvgIpc) is 2.84. The van der Waals surface area contributed by atoms with Crippen LogP contribution in [0.5, 0.6) is 0 Å². The van der Waals surface area contributed by atoms with Gasteiger partial charge in [0, 0.05) is 5.25 Å². The summed E-state index contributed by atoms with van der Waals surface area (Å²) in [5.41, 5.74) is 5.30.